The van der Waals surface area contributed by atoms with E-state index in [1.54, 1.807) is 26.0 Å². The smallest absolute Gasteiger partial charge is 0.224 e. The molecule has 0 radical (unpaired) electrons. The van der Waals surface area contributed by atoms with Gasteiger partial charge in [-0.3, -0.25) is 4.79 Å². The van der Waals surface area contributed by atoms with Crippen molar-refractivity contribution < 1.29 is 14.3 Å². The molecule has 2 aromatic carbocycles. The van der Waals surface area contributed by atoms with Gasteiger partial charge in [-0.1, -0.05) is 18.2 Å². The summed E-state index contributed by atoms with van der Waals surface area (Å²) in [4.78, 5) is 13.3. The Labute approximate surface area is 141 Å². The first-order valence-corrected chi connectivity index (χ1v) is 8.37. The van der Waals surface area contributed by atoms with Gasteiger partial charge in [-0.05, 0) is 30.3 Å². The van der Waals surface area contributed by atoms with Crippen molar-refractivity contribution in [3.8, 4) is 11.5 Å². The fraction of sp³-hybridized carbons (Fsp3) is 0.278. The molecule has 0 fully saturated rings. The highest BCUT2D eigenvalue weighted by molar-refractivity contribution is 7.99. The molecule has 122 valence electrons. The van der Waals surface area contributed by atoms with Crippen LogP contribution < -0.4 is 14.8 Å². The van der Waals surface area contributed by atoms with E-state index in [1.165, 1.54) is 4.90 Å². The molecule has 0 aliphatic carbocycles. The number of carbonyl (C=O) groups excluding carboxylic acids is 1. The van der Waals surface area contributed by atoms with Crippen LogP contribution in [0.25, 0.3) is 0 Å². The summed E-state index contributed by atoms with van der Waals surface area (Å²) in [6, 6.07) is 15.6. The molecule has 0 atom stereocenters. The number of hydrogen-bond donors (Lipinski definition) is 1. The molecule has 0 spiro atoms. The van der Waals surface area contributed by atoms with Crippen molar-refractivity contribution in [1.82, 2.24) is 5.32 Å². The number of carbonyl (C=O) groups is 1. The van der Waals surface area contributed by atoms with Crippen LogP contribution in [0, 0.1) is 0 Å². The molecule has 4 nitrogen and oxygen atoms in total. The van der Waals surface area contributed by atoms with E-state index in [1.807, 2.05) is 36.4 Å². The van der Waals surface area contributed by atoms with Crippen molar-refractivity contribution in [3.05, 3.63) is 54.1 Å². The Bertz CT molecular complexity index is 631. The van der Waals surface area contributed by atoms with E-state index in [4.69, 9.17) is 9.47 Å². The first kappa shape index (κ1) is 17.2. The molecular weight excluding hydrogens is 310 g/mol. The van der Waals surface area contributed by atoms with Crippen LogP contribution in [-0.4, -0.2) is 32.4 Å². The average Bonchev–Trinajstić information content (AvgIpc) is 2.59. The Kier molecular flexibility index (Phi) is 6.81. The van der Waals surface area contributed by atoms with Gasteiger partial charge in [-0.2, -0.15) is 0 Å². The molecule has 0 aliphatic rings. The maximum absolute atomic E-state index is 12.1. The molecule has 2 aromatic rings. The van der Waals surface area contributed by atoms with Crippen molar-refractivity contribution in [1.29, 1.82) is 0 Å². The summed E-state index contributed by atoms with van der Waals surface area (Å²) >= 11 is 1.72. The van der Waals surface area contributed by atoms with Gasteiger partial charge >= 0.3 is 0 Å². The van der Waals surface area contributed by atoms with Crippen molar-refractivity contribution in [3.63, 3.8) is 0 Å². The molecule has 0 unspecified atom stereocenters. The van der Waals surface area contributed by atoms with Crippen LogP contribution >= 0.6 is 11.8 Å². The largest absolute Gasteiger partial charge is 0.497 e. The third-order valence-electron chi connectivity index (χ3n) is 3.27. The Morgan fingerprint density at radius 2 is 1.87 bits per heavy atom. The van der Waals surface area contributed by atoms with Crippen LogP contribution in [0.5, 0.6) is 11.5 Å². The van der Waals surface area contributed by atoms with E-state index in [2.05, 4.69) is 17.4 Å². The van der Waals surface area contributed by atoms with E-state index in [0.717, 1.165) is 11.3 Å². The molecule has 0 aromatic heterocycles. The fourth-order valence-corrected chi connectivity index (χ4v) is 2.92. The summed E-state index contributed by atoms with van der Waals surface area (Å²) in [7, 11) is 3.20. The van der Waals surface area contributed by atoms with Crippen LogP contribution in [0.4, 0.5) is 0 Å². The SMILES string of the molecule is COc1ccc(OC)c(CC(=O)NCCSc2ccccc2)c1. The van der Waals surface area contributed by atoms with Crippen molar-refractivity contribution in [2.24, 2.45) is 0 Å². The van der Waals surface area contributed by atoms with Crippen LogP contribution in [-0.2, 0) is 11.2 Å². The zero-order chi connectivity index (χ0) is 16.5. The highest BCUT2D eigenvalue weighted by atomic mass is 32.2. The molecule has 2 rings (SSSR count). The molecule has 0 saturated carbocycles. The predicted octanol–water partition coefficient (Wildman–Crippen LogP) is 3.15. The maximum atomic E-state index is 12.1. The Hall–Kier alpha value is -2.14. The van der Waals surface area contributed by atoms with Crippen LogP contribution in [0.1, 0.15) is 5.56 Å². The molecule has 0 aliphatic heterocycles. The summed E-state index contributed by atoms with van der Waals surface area (Å²) in [6.07, 6.45) is 0.274. The molecule has 0 saturated heterocycles. The molecule has 1 amide bonds. The number of nitrogens with one attached hydrogen (secondary N) is 1. The Morgan fingerprint density at radius 3 is 2.57 bits per heavy atom. The summed E-state index contributed by atoms with van der Waals surface area (Å²) in [5.74, 6) is 2.23. The highest BCUT2D eigenvalue weighted by Crippen LogP contribution is 2.24. The van der Waals surface area contributed by atoms with E-state index >= 15 is 0 Å². The quantitative estimate of drug-likeness (QED) is 0.596. The van der Waals surface area contributed by atoms with E-state index in [9.17, 15) is 4.79 Å². The highest BCUT2D eigenvalue weighted by Gasteiger charge is 2.10. The number of thioether (sulfide) groups is 1. The zero-order valence-electron chi connectivity index (χ0n) is 13.4. The summed E-state index contributed by atoms with van der Waals surface area (Å²) in [6.45, 7) is 0.630. The van der Waals surface area contributed by atoms with Crippen LogP contribution in [0.15, 0.2) is 53.4 Å². The normalized spacial score (nSPS) is 10.2. The Balaban J connectivity index is 1.80. The first-order chi connectivity index (χ1) is 11.2. The monoisotopic (exact) mass is 331 g/mol. The minimum absolute atomic E-state index is 0.0229. The van der Waals surface area contributed by atoms with Crippen molar-refractivity contribution in [2.45, 2.75) is 11.3 Å². The van der Waals surface area contributed by atoms with Gasteiger partial charge in [0.05, 0.1) is 20.6 Å². The number of methoxy groups -OCH3 is 2. The van der Waals surface area contributed by atoms with Gasteiger partial charge in [0.15, 0.2) is 0 Å². The Morgan fingerprint density at radius 1 is 1.09 bits per heavy atom. The molecule has 0 heterocycles. The van der Waals surface area contributed by atoms with E-state index in [-0.39, 0.29) is 12.3 Å². The van der Waals surface area contributed by atoms with E-state index in [0.29, 0.717) is 18.0 Å². The maximum Gasteiger partial charge on any atom is 0.224 e. The lowest BCUT2D eigenvalue weighted by Crippen LogP contribution is -2.27. The number of rotatable bonds is 8. The van der Waals surface area contributed by atoms with E-state index < -0.39 is 0 Å². The summed E-state index contributed by atoms with van der Waals surface area (Å²) < 4.78 is 10.5. The lowest BCUT2D eigenvalue weighted by Gasteiger charge is -2.11. The van der Waals surface area contributed by atoms with Crippen molar-refractivity contribution in [2.75, 3.05) is 26.5 Å². The zero-order valence-corrected chi connectivity index (χ0v) is 14.2. The molecule has 23 heavy (non-hydrogen) atoms. The van der Waals surface area contributed by atoms with Crippen LogP contribution in [0.2, 0.25) is 0 Å². The minimum Gasteiger partial charge on any atom is -0.497 e. The second kappa shape index (κ2) is 9.10. The van der Waals surface area contributed by atoms with Gasteiger partial charge < -0.3 is 14.8 Å². The van der Waals surface area contributed by atoms with Gasteiger partial charge in [0.2, 0.25) is 5.91 Å². The predicted molar refractivity (Wildman–Crippen MR) is 93.4 cm³/mol. The number of amides is 1. The minimum atomic E-state index is -0.0229. The van der Waals surface area contributed by atoms with Gasteiger partial charge in [0, 0.05) is 22.8 Å². The third-order valence-corrected chi connectivity index (χ3v) is 4.29. The van der Waals surface area contributed by atoms with Crippen molar-refractivity contribution >= 4 is 17.7 Å². The topological polar surface area (TPSA) is 47.6 Å². The third kappa shape index (κ3) is 5.53. The number of ether oxygens (including phenoxy) is 2. The number of hydrogen-bond acceptors (Lipinski definition) is 4. The standard InChI is InChI=1S/C18H21NO3S/c1-21-15-8-9-17(22-2)14(12-15)13-18(20)19-10-11-23-16-6-4-3-5-7-16/h3-9,12H,10-11,13H2,1-2H3,(H,19,20). The first-order valence-electron chi connectivity index (χ1n) is 7.38. The molecule has 5 heteroatoms. The summed E-state index contributed by atoms with van der Waals surface area (Å²) in [5, 5.41) is 2.93. The van der Waals surface area contributed by atoms with Gasteiger partial charge in [-0.25, -0.2) is 0 Å². The second-order valence-corrected chi connectivity index (χ2v) is 6.03. The van der Waals surface area contributed by atoms with Crippen LogP contribution in [0.3, 0.4) is 0 Å². The molecule has 0 bridgehead atoms. The summed E-state index contributed by atoms with van der Waals surface area (Å²) in [5.41, 5.74) is 0.820. The van der Waals surface area contributed by atoms with Gasteiger partial charge in [0.25, 0.3) is 0 Å². The number of benzene rings is 2. The average molecular weight is 331 g/mol. The lowest BCUT2D eigenvalue weighted by molar-refractivity contribution is -0.120. The second-order valence-electron chi connectivity index (χ2n) is 4.87. The molecule has 1 N–H and O–H groups in total. The van der Waals surface area contributed by atoms with Gasteiger partial charge in [-0.15, -0.1) is 11.8 Å². The molecular formula is C18H21NO3S. The van der Waals surface area contributed by atoms with Gasteiger partial charge in [0.1, 0.15) is 11.5 Å². The lowest BCUT2D eigenvalue weighted by atomic mass is 10.1. The fourth-order valence-electron chi connectivity index (χ4n) is 2.13.